The first kappa shape index (κ1) is 19.2. The standard InChI is InChI=1S/C25H31N2/c1-24(2,3)21-16-10-11-17-22(21)27(20-14-8-7-9-15-20)23-18-12-13-19-26(23)25(4,5)6/h7-19H,1-6H3/q+1. The molecule has 0 aliphatic rings. The van der Waals surface area contributed by atoms with E-state index in [0.717, 1.165) is 5.82 Å². The predicted octanol–water partition coefficient (Wildman–Crippen LogP) is 6.50. The van der Waals surface area contributed by atoms with E-state index in [2.05, 4.69) is 130 Å². The molecule has 2 nitrogen and oxygen atoms in total. The summed E-state index contributed by atoms with van der Waals surface area (Å²) in [6.07, 6.45) is 2.17. The van der Waals surface area contributed by atoms with Crippen LogP contribution in [0.25, 0.3) is 0 Å². The van der Waals surface area contributed by atoms with Crippen LogP contribution in [-0.2, 0) is 11.0 Å². The van der Waals surface area contributed by atoms with Gasteiger partial charge >= 0.3 is 0 Å². The molecule has 0 radical (unpaired) electrons. The second-order valence-electron chi connectivity index (χ2n) is 9.04. The zero-order chi connectivity index (χ0) is 19.7. The van der Waals surface area contributed by atoms with Crippen LogP contribution in [0.1, 0.15) is 47.1 Å². The molecule has 2 heteroatoms. The first-order valence-electron chi connectivity index (χ1n) is 9.65. The molecule has 0 saturated heterocycles. The van der Waals surface area contributed by atoms with E-state index in [-0.39, 0.29) is 11.0 Å². The lowest BCUT2D eigenvalue weighted by molar-refractivity contribution is -0.742. The summed E-state index contributed by atoms with van der Waals surface area (Å²) < 4.78 is 2.35. The lowest BCUT2D eigenvalue weighted by Crippen LogP contribution is -2.52. The SMILES string of the molecule is CC(C)(C)c1ccccc1N(c1ccccc1)c1cccc[n+]1C(C)(C)C. The van der Waals surface area contributed by atoms with Gasteiger partial charge in [-0.2, -0.15) is 4.90 Å². The molecular formula is C25H31N2+. The van der Waals surface area contributed by atoms with Crippen LogP contribution < -0.4 is 9.47 Å². The molecule has 0 unspecified atom stereocenters. The minimum atomic E-state index is -0.0275. The summed E-state index contributed by atoms with van der Waals surface area (Å²) in [7, 11) is 0. The number of hydrogen-bond acceptors (Lipinski definition) is 1. The van der Waals surface area contributed by atoms with E-state index in [4.69, 9.17) is 0 Å². The highest BCUT2D eigenvalue weighted by molar-refractivity contribution is 5.76. The van der Waals surface area contributed by atoms with Crippen LogP contribution in [0.3, 0.4) is 0 Å². The number of benzene rings is 2. The molecule has 0 N–H and O–H groups in total. The molecule has 0 fully saturated rings. The van der Waals surface area contributed by atoms with Gasteiger partial charge in [-0.1, -0.05) is 63.2 Å². The second kappa shape index (κ2) is 7.19. The Hall–Kier alpha value is -2.61. The van der Waals surface area contributed by atoms with E-state index in [1.54, 1.807) is 0 Å². The Labute approximate surface area is 164 Å². The Balaban J connectivity index is 2.32. The fraction of sp³-hybridized carbons (Fsp3) is 0.320. The maximum Gasteiger partial charge on any atom is 0.287 e. The molecule has 140 valence electrons. The lowest BCUT2D eigenvalue weighted by Gasteiger charge is -2.29. The fourth-order valence-electron chi connectivity index (χ4n) is 3.46. The quantitative estimate of drug-likeness (QED) is 0.484. The summed E-state index contributed by atoms with van der Waals surface area (Å²) in [5.74, 6) is 1.16. The van der Waals surface area contributed by atoms with Crippen molar-refractivity contribution < 1.29 is 4.57 Å². The van der Waals surface area contributed by atoms with Gasteiger partial charge in [0.25, 0.3) is 5.82 Å². The highest BCUT2D eigenvalue weighted by Crippen LogP contribution is 2.39. The first-order valence-corrected chi connectivity index (χ1v) is 9.65. The molecule has 0 amide bonds. The summed E-state index contributed by atoms with van der Waals surface area (Å²) >= 11 is 0. The Bertz CT molecular complexity index is 842. The van der Waals surface area contributed by atoms with Gasteiger partial charge in [0.2, 0.25) is 0 Å². The van der Waals surface area contributed by atoms with E-state index in [9.17, 15) is 0 Å². The molecule has 0 spiro atoms. The fourth-order valence-corrected chi connectivity index (χ4v) is 3.46. The van der Waals surface area contributed by atoms with Gasteiger partial charge in [0.15, 0.2) is 0 Å². The van der Waals surface area contributed by atoms with E-state index in [0.29, 0.717) is 0 Å². The van der Waals surface area contributed by atoms with E-state index in [1.807, 2.05) is 0 Å². The van der Waals surface area contributed by atoms with E-state index < -0.39 is 0 Å². The molecular weight excluding hydrogens is 328 g/mol. The third-order valence-corrected chi connectivity index (χ3v) is 4.76. The van der Waals surface area contributed by atoms with Crippen molar-refractivity contribution in [1.29, 1.82) is 0 Å². The van der Waals surface area contributed by atoms with Crippen molar-refractivity contribution >= 4 is 17.2 Å². The van der Waals surface area contributed by atoms with Crippen LogP contribution in [0.4, 0.5) is 17.2 Å². The number of aromatic nitrogens is 1. The normalized spacial score (nSPS) is 12.1. The Kier molecular flexibility index (Phi) is 5.10. The van der Waals surface area contributed by atoms with Gasteiger partial charge in [-0.15, -0.1) is 0 Å². The number of rotatable bonds is 3. The van der Waals surface area contributed by atoms with Crippen molar-refractivity contribution in [3.63, 3.8) is 0 Å². The summed E-state index contributed by atoms with van der Waals surface area (Å²) in [6.45, 7) is 13.6. The number of para-hydroxylation sites is 2. The largest absolute Gasteiger partial charge is 0.287 e. The first-order chi connectivity index (χ1) is 12.7. The second-order valence-corrected chi connectivity index (χ2v) is 9.04. The highest BCUT2D eigenvalue weighted by atomic mass is 15.3. The highest BCUT2D eigenvalue weighted by Gasteiger charge is 2.32. The third-order valence-electron chi connectivity index (χ3n) is 4.76. The van der Waals surface area contributed by atoms with Crippen molar-refractivity contribution in [2.75, 3.05) is 4.90 Å². The summed E-state index contributed by atoms with van der Waals surface area (Å²) in [4.78, 5) is 2.38. The molecule has 27 heavy (non-hydrogen) atoms. The zero-order valence-corrected chi connectivity index (χ0v) is 17.4. The molecule has 0 bridgehead atoms. The third kappa shape index (κ3) is 4.05. The number of anilines is 3. The Morgan fingerprint density at radius 1 is 0.667 bits per heavy atom. The average Bonchev–Trinajstić information content (AvgIpc) is 2.62. The number of pyridine rings is 1. The molecule has 1 heterocycles. The molecule has 1 aromatic heterocycles. The van der Waals surface area contributed by atoms with Crippen molar-refractivity contribution in [2.24, 2.45) is 0 Å². The van der Waals surface area contributed by atoms with Gasteiger partial charge < -0.3 is 0 Å². The molecule has 0 saturated carbocycles. The molecule has 2 aromatic carbocycles. The van der Waals surface area contributed by atoms with Gasteiger partial charge in [-0.05, 0) is 50.5 Å². The van der Waals surface area contributed by atoms with E-state index >= 15 is 0 Å². The molecule has 0 atom stereocenters. The lowest BCUT2D eigenvalue weighted by atomic mass is 9.85. The molecule has 0 aliphatic heterocycles. The summed E-state index contributed by atoms with van der Waals surface area (Å²) in [6, 6.07) is 25.8. The monoisotopic (exact) mass is 359 g/mol. The van der Waals surface area contributed by atoms with Crippen molar-refractivity contribution in [3.05, 3.63) is 84.6 Å². The number of nitrogens with zero attached hydrogens (tertiary/aromatic N) is 2. The van der Waals surface area contributed by atoms with Crippen LogP contribution in [0, 0.1) is 0 Å². The van der Waals surface area contributed by atoms with Crippen LogP contribution >= 0.6 is 0 Å². The van der Waals surface area contributed by atoms with Crippen LogP contribution in [0.15, 0.2) is 79.0 Å². The predicted molar refractivity (Wildman–Crippen MR) is 115 cm³/mol. The summed E-state index contributed by atoms with van der Waals surface area (Å²) in [5.41, 5.74) is 3.74. The Morgan fingerprint density at radius 2 is 1.26 bits per heavy atom. The van der Waals surface area contributed by atoms with Crippen LogP contribution in [0.5, 0.6) is 0 Å². The maximum absolute atomic E-state index is 2.38. The van der Waals surface area contributed by atoms with Crippen LogP contribution in [-0.4, -0.2) is 0 Å². The zero-order valence-electron chi connectivity index (χ0n) is 17.4. The van der Waals surface area contributed by atoms with Gasteiger partial charge in [0, 0.05) is 11.6 Å². The van der Waals surface area contributed by atoms with Crippen molar-refractivity contribution in [3.8, 4) is 0 Å². The van der Waals surface area contributed by atoms with E-state index in [1.165, 1.54) is 16.9 Å². The molecule has 0 aliphatic carbocycles. The van der Waals surface area contributed by atoms with Gasteiger partial charge in [-0.25, -0.2) is 4.57 Å². The van der Waals surface area contributed by atoms with Gasteiger partial charge in [0.05, 0.1) is 6.20 Å². The average molecular weight is 360 g/mol. The minimum absolute atomic E-state index is 0.0275. The van der Waals surface area contributed by atoms with Crippen LogP contribution in [0.2, 0.25) is 0 Å². The maximum atomic E-state index is 2.38. The molecule has 3 rings (SSSR count). The van der Waals surface area contributed by atoms with Gasteiger partial charge in [-0.3, -0.25) is 0 Å². The number of hydrogen-bond donors (Lipinski definition) is 0. The Morgan fingerprint density at radius 3 is 1.89 bits per heavy atom. The summed E-state index contributed by atoms with van der Waals surface area (Å²) in [5, 5.41) is 0. The van der Waals surface area contributed by atoms with Crippen molar-refractivity contribution in [1.82, 2.24) is 0 Å². The topological polar surface area (TPSA) is 7.12 Å². The van der Waals surface area contributed by atoms with Crippen molar-refractivity contribution in [2.45, 2.75) is 52.5 Å². The molecule has 3 aromatic rings. The minimum Gasteiger partial charge on any atom is -0.229 e. The smallest absolute Gasteiger partial charge is 0.229 e. The van der Waals surface area contributed by atoms with Gasteiger partial charge in [0.1, 0.15) is 16.9 Å².